The second-order valence-electron chi connectivity index (χ2n) is 8.27. The Bertz CT molecular complexity index is 851. The van der Waals surface area contributed by atoms with Crippen molar-refractivity contribution in [2.45, 2.75) is 85.4 Å². The van der Waals surface area contributed by atoms with Crippen molar-refractivity contribution in [3.63, 3.8) is 0 Å². The van der Waals surface area contributed by atoms with Crippen LogP contribution in [-0.4, -0.2) is 40.8 Å². The molecule has 0 fully saturated rings. The Labute approximate surface area is 194 Å². The summed E-state index contributed by atoms with van der Waals surface area (Å²) < 4.78 is 16.0. The molecule has 9 heteroatoms. The van der Waals surface area contributed by atoms with Crippen molar-refractivity contribution in [1.82, 2.24) is 5.32 Å². The maximum atomic E-state index is 12.4. The van der Waals surface area contributed by atoms with Crippen LogP contribution in [0.2, 0.25) is 0 Å². The van der Waals surface area contributed by atoms with Crippen molar-refractivity contribution in [3.8, 4) is 11.5 Å². The average molecular weight is 466 g/mol. The van der Waals surface area contributed by atoms with Crippen molar-refractivity contribution < 1.29 is 38.5 Å². The molecule has 33 heavy (non-hydrogen) atoms. The highest BCUT2D eigenvalue weighted by Crippen LogP contribution is 2.31. The number of carbonyl (C=O) groups is 4. The lowest BCUT2D eigenvalue weighted by atomic mass is 9.99. The molecule has 1 aromatic rings. The summed E-state index contributed by atoms with van der Waals surface area (Å²) in [6, 6.07) is 4.11. The molecule has 184 valence electrons. The highest BCUT2D eigenvalue weighted by molar-refractivity contribution is 5.82. The van der Waals surface area contributed by atoms with Crippen LogP contribution in [0.5, 0.6) is 11.5 Å². The Kier molecular flexibility index (Phi) is 11.0. The maximum absolute atomic E-state index is 12.4. The normalized spacial score (nSPS) is 13.7. The number of rotatable bonds is 13. The van der Waals surface area contributed by atoms with Crippen molar-refractivity contribution in [1.29, 1.82) is 0 Å². The molecule has 0 heterocycles. The largest absolute Gasteiger partial charge is 0.477 e. The quantitative estimate of drug-likeness (QED) is 0.255. The van der Waals surface area contributed by atoms with Gasteiger partial charge in [0.05, 0.1) is 0 Å². The first kappa shape index (κ1) is 28.1. The third-order valence-electron chi connectivity index (χ3n) is 4.79. The van der Waals surface area contributed by atoms with Gasteiger partial charge in [0.2, 0.25) is 0 Å². The van der Waals surface area contributed by atoms with Gasteiger partial charge < -0.3 is 19.3 Å². The molecule has 1 aromatic carbocycles. The fourth-order valence-corrected chi connectivity index (χ4v) is 2.87. The molecule has 0 radical (unpaired) electrons. The Morgan fingerprint density at radius 2 is 1.52 bits per heavy atom. The molecule has 2 atom stereocenters. The Morgan fingerprint density at radius 3 is 2.00 bits per heavy atom. The monoisotopic (exact) mass is 465 g/mol. The fourth-order valence-electron chi connectivity index (χ4n) is 2.87. The summed E-state index contributed by atoms with van der Waals surface area (Å²) in [5, 5.41) is 13.0. The molecule has 0 amide bonds. The first-order valence-corrected chi connectivity index (χ1v) is 11.2. The van der Waals surface area contributed by atoms with Gasteiger partial charge in [-0.05, 0) is 37.0 Å². The average Bonchev–Trinajstić information content (AvgIpc) is 2.74. The van der Waals surface area contributed by atoms with E-state index in [0.29, 0.717) is 12.0 Å². The van der Waals surface area contributed by atoms with Gasteiger partial charge in [0.25, 0.3) is 5.72 Å². The molecule has 0 saturated heterocycles. The highest BCUT2D eigenvalue weighted by Gasteiger charge is 2.44. The lowest BCUT2D eigenvalue weighted by molar-refractivity contribution is -0.185. The zero-order valence-corrected chi connectivity index (χ0v) is 20.2. The molecular weight excluding hydrogens is 430 g/mol. The lowest BCUT2D eigenvalue weighted by Crippen LogP contribution is -2.59. The Balaban J connectivity index is 3.42. The number of aliphatic carboxylic acids is 1. The van der Waals surface area contributed by atoms with Crippen molar-refractivity contribution in [3.05, 3.63) is 23.8 Å². The Morgan fingerprint density at radius 1 is 0.939 bits per heavy atom. The topological polar surface area (TPSA) is 128 Å². The van der Waals surface area contributed by atoms with Crippen LogP contribution in [0.1, 0.15) is 72.8 Å². The van der Waals surface area contributed by atoms with E-state index in [1.54, 1.807) is 20.8 Å². The van der Waals surface area contributed by atoms with E-state index < -0.39 is 29.6 Å². The van der Waals surface area contributed by atoms with Crippen molar-refractivity contribution in [2.75, 3.05) is 0 Å². The van der Waals surface area contributed by atoms with Crippen LogP contribution in [0.3, 0.4) is 0 Å². The zero-order valence-electron chi connectivity index (χ0n) is 20.2. The van der Waals surface area contributed by atoms with E-state index in [4.69, 9.17) is 14.2 Å². The molecule has 1 rings (SSSR count). The minimum absolute atomic E-state index is 0.0137. The van der Waals surface area contributed by atoms with Gasteiger partial charge in [0.1, 0.15) is 0 Å². The van der Waals surface area contributed by atoms with Crippen LogP contribution < -0.4 is 14.8 Å². The predicted molar refractivity (Wildman–Crippen MR) is 121 cm³/mol. The summed E-state index contributed by atoms with van der Waals surface area (Å²) in [6.07, 6.45) is 0.627. The van der Waals surface area contributed by atoms with Gasteiger partial charge in [0.15, 0.2) is 11.5 Å². The van der Waals surface area contributed by atoms with Crippen LogP contribution in [0.15, 0.2) is 18.2 Å². The standard InChI is InChI=1S/C24H35NO8/c1-7-16(6)25-24(23(29)30,33-22(28)12-15(4)5)14-17-10-11-18(31-20(26)8-2)19(13-17)32-21(27)9-3/h10-11,13,15-16,25H,7-9,12,14H2,1-6H3,(H,29,30)/t16?,24-/m0/s1. The molecule has 0 spiro atoms. The summed E-state index contributed by atoms with van der Waals surface area (Å²) in [5.41, 5.74) is -1.63. The fraction of sp³-hybridized carbons (Fsp3) is 0.583. The van der Waals surface area contributed by atoms with Crippen LogP contribution in [-0.2, 0) is 30.3 Å². The molecule has 0 aliphatic heterocycles. The first-order valence-electron chi connectivity index (χ1n) is 11.2. The number of esters is 3. The van der Waals surface area contributed by atoms with Crippen LogP contribution in [0, 0.1) is 5.92 Å². The lowest BCUT2D eigenvalue weighted by Gasteiger charge is -2.33. The van der Waals surface area contributed by atoms with Crippen molar-refractivity contribution >= 4 is 23.9 Å². The second kappa shape index (κ2) is 12.9. The number of carboxylic acids is 1. The van der Waals surface area contributed by atoms with Gasteiger partial charge >= 0.3 is 23.9 Å². The highest BCUT2D eigenvalue weighted by atomic mass is 16.6. The number of hydrogen-bond donors (Lipinski definition) is 2. The van der Waals surface area contributed by atoms with E-state index in [0.717, 1.165) is 0 Å². The maximum Gasteiger partial charge on any atom is 0.364 e. The molecule has 2 N–H and O–H groups in total. The van der Waals surface area contributed by atoms with Gasteiger partial charge in [-0.2, -0.15) is 0 Å². The molecule has 1 unspecified atom stereocenters. The SMILES string of the molecule is CCC(=O)Oc1ccc(C[C@](NC(C)CC)(OC(=O)CC(C)C)C(=O)O)cc1OC(=O)CC. The first-order chi connectivity index (χ1) is 15.5. The van der Waals surface area contributed by atoms with Crippen LogP contribution in [0.25, 0.3) is 0 Å². The van der Waals surface area contributed by atoms with E-state index in [1.165, 1.54) is 18.2 Å². The number of carbonyl (C=O) groups excluding carboxylic acids is 3. The molecular formula is C24H35NO8. The van der Waals surface area contributed by atoms with Gasteiger partial charge in [-0.3, -0.25) is 19.7 Å². The number of nitrogens with one attached hydrogen (secondary N) is 1. The summed E-state index contributed by atoms with van der Waals surface area (Å²) in [7, 11) is 0. The van der Waals surface area contributed by atoms with Crippen LogP contribution in [0.4, 0.5) is 0 Å². The van der Waals surface area contributed by atoms with Crippen LogP contribution >= 0.6 is 0 Å². The minimum Gasteiger partial charge on any atom is -0.477 e. The zero-order chi connectivity index (χ0) is 25.2. The second-order valence-corrected chi connectivity index (χ2v) is 8.27. The number of hydrogen-bond acceptors (Lipinski definition) is 8. The summed E-state index contributed by atoms with van der Waals surface area (Å²) in [5.74, 6) is -3.05. The summed E-state index contributed by atoms with van der Waals surface area (Å²) in [4.78, 5) is 48.4. The summed E-state index contributed by atoms with van der Waals surface area (Å²) in [6.45, 7) is 10.6. The van der Waals surface area contributed by atoms with E-state index in [1.807, 2.05) is 20.8 Å². The molecule has 0 aliphatic rings. The van der Waals surface area contributed by atoms with E-state index in [-0.39, 0.29) is 49.1 Å². The van der Waals surface area contributed by atoms with Gasteiger partial charge in [-0.1, -0.05) is 40.7 Å². The number of ether oxygens (including phenoxy) is 3. The molecule has 0 aliphatic carbocycles. The summed E-state index contributed by atoms with van der Waals surface area (Å²) >= 11 is 0. The van der Waals surface area contributed by atoms with Crippen molar-refractivity contribution in [2.24, 2.45) is 5.92 Å². The van der Waals surface area contributed by atoms with Gasteiger partial charge in [0, 0.05) is 31.7 Å². The molecule has 0 aromatic heterocycles. The van der Waals surface area contributed by atoms with E-state index in [2.05, 4.69) is 5.32 Å². The Hall–Kier alpha value is -2.94. The third-order valence-corrected chi connectivity index (χ3v) is 4.79. The van der Waals surface area contributed by atoms with Gasteiger partial charge in [-0.15, -0.1) is 0 Å². The number of carboxylic acid groups (broad SMARTS) is 1. The predicted octanol–water partition coefficient (Wildman–Crippen LogP) is 3.62. The molecule has 0 saturated carbocycles. The van der Waals surface area contributed by atoms with E-state index in [9.17, 15) is 24.3 Å². The van der Waals surface area contributed by atoms with Gasteiger partial charge in [-0.25, -0.2) is 4.79 Å². The molecule has 9 nitrogen and oxygen atoms in total. The van der Waals surface area contributed by atoms with E-state index >= 15 is 0 Å². The molecule has 0 bridgehead atoms. The number of benzene rings is 1. The smallest absolute Gasteiger partial charge is 0.364 e. The minimum atomic E-state index is -2.03. The third kappa shape index (κ3) is 8.84.